The Morgan fingerprint density at radius 1 is 0.871 bits per heavy atom. The van der Waals surface area contributed by atoms with Crippen molar-refractivity contribution in [3.05, 3.63) is 29.8 Å². The number of nitrogens with two attached hydrogens (primary N) is 1. The van der Waals surface area contributed by atoms with Gasteiger partial charge < -0.3 is 30.9 Å². The number of aromatic carboxylic acids is 1. The minimum absolute atomic E-state index is 0.0276. The van der Waals surface area contributed by atoms with Crippen LogP contribution in [-0.2, 0) is 9.47 Å². The van der Waals surface area contributed by atoms with Gasteiger partial charge in [0.2, 0.25) is 0 Å². The second-order valence-electron chi connectivity index (χ2n) is 9.43. The van der Waals surface area contributed by atoms with Crippen molar-refractivity contribution in [3.8, 4) is 0 Å². The molecule has 0 radical (unpaired) electrons. The number of carboxylic acids is 1. The maximum absolute atomic E-state index is 11.7. The average Bonchev–Trinajstić information content (AvgIpc) is 2.98. The molecule has 1 aromatic rings. The van der Waals surface area contributed by atoms with Gasteiger partial charge in [0, 0.05) is 17.8 Å². The molecule has 31 heavy (non-hydrogen) atoms. The first-order valence-electron chi connectivity index (χ1n) is 10.2. The fraction of sp³-hybridized carbons (Fsp3) is 0.591. The SMILES string of the molecule is CC(C)(C)OC(=O)NC1CCC(NC(=O)OC(C)(C)C)C1.Nc1ccc(C(=O)O)cc1. The number of carbonyl (C=O) groups is 3. The van der Waals surface area contributed by atoms with E-state index in [0.29, 0.717) is 12.1 Å². The lowest BCUT2D eigenvalue weighted by atomic mass is 10.2. The van der Waals surface area contributed by atoms with Gasteiger partial charge in [0.05, 0.1) is 5.56 Å². The highest BCUT2D eigenvalue weighted by molar-refractivity contribution is 5.87. The van der Waals surface area contributed by atoms with Gasteiger partial charge in [0.15, 0.2) is 0 Å². The molecular weight excluding hydrogens is 402 g/mol. The molecular formula is C22H35N3O6. The van der Waals surface area contributed by atoms with E-state index in [-0.39, 0.29) is 17.6 Å². The number of nitrogens with one attached hydrogen (secondary N) is 2. The maximum Gasteiger partial charge on any atom is 0.407 e. The average molecular weight is 438 g/mol. The van der Waals surface area contributed by atoms with Crippen LogP contribution in [-0.4, -0.2) is 46.5 Å². The Hall–Kier alpha value is -2.97. The van der Waals surface area contributed by atoms with Crippen molar-refractivity contribution >= 4 is 23.8 Å². The first-order valence-corrected chi connectivity index (χ1v) is 10.2. The van der Waals surface area contributed by atoms with Crippen LogP contribution in [0.3, 0.4) is 0 Å². The van der Waals surface area contributed by atoms with Crippen molar-refractivity contribution in [1.29, 1.82) is 0 Å². The molecule has 1 aliphatic rings. The van der Waals surface area contributed by atoms with Crippen LogP contribution in [0.25, 0.3) is 0 Å². The van der Waals surface area contributed by atoms with Crippen LogP contribution in [0.5, 0.6) is 0 Å². The summed E-state index contributed by atoms with van der Waals surface area (Å²) < 4.78 is 10.4. The molecule has 9 heteroatoms. The Balaban J connectivity index is 0.000000399. The van der Waals surface area contributed by atoms with Crippen LogP contribution in [0.4, 0.5) is 15.3 Å². The predicted molar refractivity (Wildman–Crippen MR) is 118 cm³/mol. The minimum Gasteiger partial charge on any atom is -0.478 e. The molecule has 1 aromatic carbocycles. The van der Waals surface area contributed by atoms with Crippen molar-refractivity contribution in [3.63, 3.8) is 0 Å². The number of nitrogen functional groups attached to an aromatic ring is 1. The van der Waals surface area contributed by atoms with Gasteiger partial charge in [-0.25, -0.2) is 14.4 Å². The monoisotopic (exact) mass is 437 g/mol. The molecule has 2 amide bonds. The molecule has 5 N–H and O–H groups in total. The van der Waals surface area contributed by atoms with Crippen LogP contribution in [0, 0.1) is 0 Å². The zero-order valence-corrected chi connectivity index (χ0v) is 19.2. The molecule has 0 bridgehead atoms. The van der Waals surface area contributed by atoms with Gasteiger partial charge >= 0.3 is 18.2 Å². The molecule has 2 atom stereocenters. The number of carbonyl (C=O) groups excluding carboxylic acids is 2. The van der Waals surface area contributed by atoms with Crippen LogP contribution in [0.1, 0.15) is 71.2 Å². The molecule has 0 saturated heterocycles. The zero-order valence-electron chi connectivity index (χ0n) is 19.2. The lowest BCUT2D eigenvalue weighted by molar-refractivity contribution is 0.0502. The summed E-state index contributed by atoms with van der Waals surface area (Å²) in [7, 11) is 0. The number of benzene rings is 1. The second-order valence-corrected chi connectivity index (χ2v) is 9.43. The smallest absolute Gasteiger partial charge is 0.407 e. The normalized spacial score (nSPS) is 18.3. The number of alkyl carbamates (subject to hydrolysis) is 2. The zero-order chi connectivity index (χ0) is 23.8. The third kappa shape index (κ3) is 11.7. The van der Waals surface area contributed by atoms with Crippen LogP contribution in [0.2, 0.25) is 0 Å². The van der Waals surface area contributed by atoms with Gasteiger partial charge in [-0.1, -0.05) is 0 Å². The summed E-state index contributed by atoms with van der Waals surface area (Å²) in [6, 6.07) is 6.11. The van der Waals surface area contributed by atoms with Crippen molar-refractivity contribution in [2.24, 2.45) is 0 Å². The number of carboxylic acid groups (broad SMARTS) is 1. The summed E-state index contributed by atoms with van der Waals surface area (Å²) in [5, 5.41) is 14.1. The van der Waals surface area contributed by atoms with E-state index < -0.39 is 29.4 Å². The summed E-state index contributed by atoms with van der Waals surface area (Å²) in [4.78, 5) is 33.6. The van der Waals surface area contributed by atoms with E-state index in [1.807, 2.05) is 41.5 Å². The molecule has 0 spiro atoms. The lowest BCUT2D eigenvalue weighted by Crippen LogP contribution is -2.41. The van der Waals surface area contributed by atoms with Crippen molar-refractivity contribution in [2.75, 3.05) is 5.73 Å². The fourth-order valence-corrected chi connectivity index (χ4v) is 2.82. The molecule has 0 heterocycles. The van der Waals surface area contributed by atoms with Gasteiger partial charge in [-0.15, -0.1) is 0 Å². The first kappa shape index (κ1) is 26.1. The molecule has 0 aliphatic heterocycles. The van der Waals surface area contributed by atoms with E-state index in [1.54, 1.807) is 12.1 Å². The Kier molecular flexibility index (Phi) is 9.15. The number of hydrogen-bond donors (Lipinski definition) is 4. The highest BCUT2D eigenvalue weighted by atomic mass is 16.6. The minimum atomic E-state index is -0.931. The van der Waals surface area contributed by atoms with Gasteiger partial charge in [-0.2, -0.15) is 0 Å². The summed E-state index contributed by atoms with van der Waals surface area (Å²) >= 11 is 0. The van der Waals surface area contributed by atoms with Gasteiger partial charge in [0.25, 0.3) is 0 Å². The van der Waals surface area contributed by atoms with Crippen molar-refractivity contribution in [1.82, 2.24) is 10.6 Å². The molecule has 174 valence electrons. The molecule has 2 rings (SSSR count). The molecule has 9 nitrogen and oxygen atoms in total. The molecule has 2 unspecified atom stereocenters. The molecule has 0 aromatic heterocycles. The number of rotatable bonds is 3. The van der Waals surface area contributed by atoms with E-state index in [4.69, 9.17) is 20.3 Å². The van der Waals surface area contributed by atoms with E-state index in [1.165, 1.54) is 12.1 Å². The number of anilines is 1. The second kappa shape index (κ2) is 10.9. The number of ether oxygens (including phenoxy) is 2. The Morgan fingerprint density at radius 3 is 1.58 bits per heavy atom. The largest absolute Gasteiger partial charge is 0.478 e. The predicted octanol–water partition coefficient (Wildman–Crippen LogP) is 3.92. The van der Waals surface area contributed by atoms with Gasteiger partial charge in [-0.05, 0) is 85.1 Å². The van der Waals surface area contributed by atoms with Crippen LogP contribution in [0.15, 0.2) is 24.3 Å². The Bertz CT molecular complexity index is 714. The van der Waals surface area contributed by atoms with Crippen molar-refractivity contribution < 1.29 is 29.0 Å². The fourth-order valence-electron chi connectivity index (χ4n) is 2.82. The van der Waals surface area contributed by atoms with Gasteiger partial charge in [-0.3, -0.25) is 0 Å². The van der Waals surface area contributed by atoms with E-state index in [9.17, 15) is 14.4 Å². The van der Waals surface area contributed by atoms with Crippen LogP contribution >= 0.6 is 0 Å². The standard InChI is InChI=1S/C15H28N2O4.C7H7NO2/c1-14(2,3)20-12(18)16-10-7-8-11(9-10)17-13(19)21-15(4,5)6;8-6-3-1-5(2-4-6)7(9)10/h10-11H,7-9H2,1-6H3,(H,16,18)(H,17,19);1-4H,8H2,(H,9,10). The maximum atomic E-state index is 11.7. The van der Waals surface area contributed by atoms with E-state index in [0.717, 1.165) is 12.8 Å². The third-order valence-corrected chi connectivity index (χ3v) is 4.03. The highest BCUT2D eigenvalue weighted by Crippen LogP contribution is 2.20. The summed E-state index contributed by atoms with van der Waals surface area (Å²) in [6.07, 6.45) is 1.51. The summed E-state index contributed by atoms with van der Waals surface area (Å²) in [5.41, 5.74) is 5.16. The summed E-state index contributed by atoms with van der Waals surface area (Å²) in [5.74, 6) is -0.931. The highest BCUT2D eigenvalue weighted by Gasteiger charge is 2.29. The molecule has 1 fully saturated rings. The van der Waals surface area contributed by atoms with E-state index in [2.05, 4.69) is 10.6 Å². The third-order valence-electron chi connectivity index (χ3n) is 4.03. The quantitative estimate of drug-likeness (QED) is 0.525. The number of hydrogen-bond acceptors (Lipinski definition) is 6. The van der Waals surface area contributed by atoms with Gasteiger partial charge in [0.1, 0.15) is 11.2 Å². The first-order chi connectivity index (χ1) is 14.1. The summed E-state index contributed by atoms with van der Waals surface area (Å²) in [6.45, 7) is 11.0. The molecule has 1 saturated carbocycles. The van der Waals surface area contributed by atoms with Crippen LogP contribution < -0.4 is 16.4 Å². The molecule has 1 aliphatic carbocycles. The van der Waals surface area contributed by atoms with Crippen molar-refractivity contribution in [2.45, 2.75) is 84.1 Å². The van der Waals surface area contributed by atoms with E-state index >= 15 is 0 Å². The Labute approximate surface area is 183 Å². The topological polar surface area (TPSA) is 140 Å². The lowest BCUT2D eigenvalue weighted by Gasteiger charge is -2.22. The number of amides is 2. The Morgan fingerprint density at radius 2 is 1.26 bits per heavy atom.